The number of hydrogen-bond acceptors (Lipinski definition) is 4. The van der Waals surface area contributed by atoms with Gasteiger partial charge in [0, 0.05) is 5.56 Å². The number of alkyl carbamates (subject to hydrolysis) is 1. The van der Waals surface area contributed by atoms with Crippen molar-refractivity contribution in [1.29, 1.82) is 0 Å². The molecule has 0 saturated heterocycles. The highest BCUT2D eigenvalue weighted by Gasteiger charge is 2.42. The SMILES string of the molecule is CCOC(=O)[C@@H](C)[C@](C)(NC(=O)OC(C)(C)C)c1ccccc1F. The molecule has 0 aromatic heterocycles. The van der Waals surface area contributed by atoms with Crippen LogP contribution in [0, 0.1) is 11.7 Å². The summed E-state index contributed by atoms with van der Waals surface area (Å²) >= 11 is 0. The molecule has 5 nitrogen and oxygen atoms in total. The van der Waals surface area contributed by atoms with E-state index in [1.54, 1.807) is 53.7 Å². The molecule has 1 amide bonds. The Hall–Kier alpha value is -2.11. The van der Waals surface area contributed by atoms with Gasteiger partial charge in [-0.05, 0) is 47.6 Å². The molecule has 0 unspecified atom stereocenters. The van der Waals surface area contributed by atoms with E-state index >= 15 is 0 Å². The minimum absolute atomic E-state index is 0.191. The van der Waals surface area contributed by atoms with Crippen LogP contribution in [0.2, 0.25) is 0 Å². The molecule has 1 aromatic rings. The van der Waals surface area contributed by atoms with Gasteiger partial charge in [0.2, 0.25) is 0 Å². The summed E-state index contributed by atoms with van der Waals surface area (Å²) in [4.78, 5) is 24.4. The smallest absolute Gasteiger partial charge is 0.408 e. The lowest BCUT2D eigenvalue weighted by atomic mass is 9.80. The Kier molecular flexibility index (Phi) is 6.35. The van der Waals surface area contributed by atoms with E-state index in [-0.39, 0.29) is 12.2 Å². The van der Waals surface area contributed by atoms with E-state index in [0.717, 1.165) is 0 Å². The summed E-state index contributed by atoms with van der Waals surface area (Å²) in [6, 6.07) is 6.00. The Labute approximate surface area is 142 Å². The molecule has 1 N–H and O–H groups in total. The third kappa shape index (κ3) is 4.94. The summed E-state index contributed by atoms with van der Waals surface area (Å²) in [6.07, 6.45) is -0.732. The Morgan fingerprint density at radius 2 is 1.79 bits per heavy atom. The van der Waals surface area contributed by atoms with Crippen molar-refractivity contribution in [3.63, 3.8) is 0 Å². The van der Waals surface area contributed by atoms with Gasteiger partial charge in [0.1, 0.15) is 11.4 Å². The summed E-state index contributed by atoms with van der Waals surface area (Å²) in [5.74, 6) is -1.87. The van der Waals surface area contributed by atoms with Gasteiger partial charge in [-0.2, -0.15) is 0 Å². The summed E-state index contributed by atoms with van der Waals surface area (Å²) in [6.45, 7) is 10.2. The molecule has 0 aliphatic carbocycles. The summed E-state index contributed by atoms with van der Waals surface area (Å²) < 4.78 is 24.6. The molecule has 0 radical (unpaired) electrons. The van der Waals surface area contributed by atoms with E-state index in [9.17, 15) is 14.0 Å². The molecule has 0 fully saturated rings. The number of halogens is 1. The molecule has 134 valence electrons. The first-order chi connectivity index (χ1) is 11.0. The van der Waals surface area contributed by atoms with Gasteiger partial charge in [0.15, 0.2) is 0 Å². The lowest BCUT2D eigenvalue weighted by Crippen LogP contribution is -2.52. The van der Waals surface area contributed by atoms with Gasteiger partial charge in [0.25, 0.3) is 0 Å². The average molecular weight is 339 g/mol. The molecular formula is C18H26FNO4. The third-order valence-corrected chi connectivity index (χ3v) is 3.70. The standard InChI is InChI=1S/C18H26FNO4/c1-7-23-15(21)12(2)18(6,13-10-8-9-11-14(13)19)20-16(22)24-17(3,4)5/h8-12H,7H2,1-6H3,(H,20,22)/t12-,18+/m1/s1. The molecule has 0 bridgehead atoms. The molecule has 1 rings (SSSR count). The largest absolute Gasteiger partial charge is 0.466 e. The zero-order valence-corrected chi connectivity index (χ0v) is 15.1. The van der Waals surface area contributed by atoms with E-state index in [4.69, 9.17) is 9.47 Å². The topological polar surface area (TPSA) is 64.6 Å². The van der Waals surface area contributed by atoms with Crippen LogP contribution in [-0.4, -0.2) is 24.3 Å². The number of carbonyl (C=O) groups excluding carboxylic acids is 2. The third-order valence-electron chi connectivity index (χ3n) is 3.70. The second kappa shape index (κ2) is 7.64. The van der Waals surface area contributed by atoms with Gasteiger partial charge in [-0.3, -0.25) is 4.79 Å². The number of amides is 1. The first-order valence-electron chi connectivity index (χ1n) is 7.94. The summed E-state index contributed by atoms with van der Waals surface area (Å²) in [7, 11) is 0. The van der Waals surface area contributed by atoms with Crippen LogP contribution in [0.1, 0.15) is 47.1 Å². The maximum Gasteiger partial charge on any atom is 0.408 e. The van der Waals surface area contributed by atoms with Crippen LogP contribution in [0.4, 0.5) is 9.18 Å². The molecule has 24 heavy (non-hydrogen) atoms. The van der Waals surface area contributed by atoms with Gasteiger partial charge in [-0.15, -0.1) is 0 Å². The average Bonchev–Trinajstić information content (AvgIpc) is 2.44. The van der Waals surface area contributed by atoms with Gasteiger partial charge < -0.3 is 14.8 Å². The van der Waals surface area contributed by atoms with Crippen LogP contribution in [-0.2, 0) is 19.8 Å². The van der Waals surface area contributed by atoms with E-state index < -0.39 is 34.9 Å². The van der Waals surface area contributed by atoms with E-state index in [2.05, 4.69) is 5.32 Å². The van der Waals surface area contributed by atoms with Gasteiger partial charge >= 0.3 is 12.1 Å². The van der Waals surface area contributed by atoms with Crippen molar-refractivity contribution in [3.05, 3.63) is 35.6 Å². The number of ether oxygens (including phenoxy) is 2. The predicted molar refractivity (Wildman–Crippen MR) is 88.9 cm³/mol. The lowest BCUT2D eigenvalue weighted by molar-refractivity contribution is -0.150. The van der Waals surface area contributed by atoms with E-state index in [1.807, 2.05) is 0 Å². The van der Waals surface area contributed by atoms with Crippen molar-refractivity contribution < 1.29 is 23.5 Å². The first kappa shape index (κ1) is 19.9. The van der Waals surface area contributed by atoms with Gasteiger partial charge in [-0.1, -0.05) is 18.2 Å². The molecule has 0 aliphatic heterocycles. The molecule has 0 saturated carbocycles. The Bertz CT molecular complexity index is 597. The molecule has 1 aromatic carbocycles. The van der Waals surface area contributed by atoms with Crippen molar-refractivity contribution in [3.8, 4) is 0 Å². The molecule has 0 aliphatic rings. The summed E-state index contributed by atoms with van der Waals surface area (Å²) in [5.41, 5.74) is -1.84. The number of nitrogens with one attached hydrogen (secondary N) is 1. The van der Waals surface area contributed by atoms with Crippen LogP contribution in [0.5, 0.6) is 0 Å². The van der Waals surface area contributed by atoms with Crippen LogP contribution in [0.25, 0.3) is 0 Å². The highest BCUT2D eigenvalue weighted by molar-refractivity contribution is 5.77. The maximum atomic E-state index is 14.3. The Balaban J connectivity index is 3.24. The van der Waals surface area contributed by atoms with E-state index in [0.29, 0.717) is 0 Å². The number of benzene rings is 1. The number of carbonyl (C=O) groups is 2. The fourth-order valence-electron chi connectivity index (χ4n) is 2.31. The zero-order chi connectivity index (χ0) is 18.5. The predicted octanol–water partition coefficient (Wildman–Crippen LogP) is 3.76. The molecule has 2 atom stereocenters. The second-order valence-corrected chi connectivity index (χ2v) is 6.78. The summed E-state index contributed by atoms with van der Waals surface area (Å²) in [5, 5.41) is 2.64. The zero-order valence-electron chi connectivity index (χ0n) is 15.1. The minimum Gasteiger partial charge on any atom is -0.466 e. The van der Waals surface area contributed by atoms with E-state index in [1.165, 1.54) is 12.1 Å². The van der Waals surface area contributed by atoms with Gasteiger partial charge in [0.05, 0.1) is 18.1 Å². The first-order valence-corrected chi connectivity index (χ1v) is 7.94. The van der Waals surface area contributed by atoms with Crippen molar-refractivity contribution in [1.82, 2.24) is 5.32 Å². The van der Waals surface area contributed by atoms with Crippen LogP contribution < -0.4 is 5.32 Å². The molecule has 0 heterocycles. The molecule has 0 spiro atoms. The van der Waals surface area contributed by atoms with Crippen LogP contribution in [0.3, 0.4) is 0 Å². The molecule has 6 heteroatoms. The van der Waals surface area contributed by atoms with Crippen molar-refractivity contribution in [2.45, 2.75) is 52.7 Å². The van der Waals surface area contributed by atoms with Crippen LogP contribution in [0.15, 0.2) is 24.3 Å². The minimum atomic E-state index is -1.32. The van der Waals surface area contributed by atoms with Crippen LogP contribution >= 0.6 is 0 Å². The highest BCUT2D eigenvalue weighted by atomic mass is 19.1. The van der Waals surface area contributed by atoms with Crippen molar-refractivity contribution >= 4 is 12.1 Å². The number of esters is 1. The highest BCUT2D eigenvalue weighted by Crippen LogP contribution is 2.32. The Morgan fingerprint density at radius 3 is 2.29 bits per heavy atom. The fraction of sp³-hybridized carbons (Fsp3) is 0.556. The second-order valence-electron chi connectivity index (χ2n) is 6.78. The maximum absolute atomic E-state index is 14.3. The number of hydrogen-bond donors (Lipinski definition) is 1. The normalized spacial score (nSPS) is 15.1. The quantitative estimate of drug-likeness (QED) is 0.830. The number of rotatable bonds is 5. The molecular weight excluding hydrogens is 313 g/mol. The lowest BCUT2D eigenvalue weighted by Gasteiger charge is -2.36. The van der Waals surface area contributed by atoms with Gasteiger partial charge in [-0.25, -0.2) is 9.18 Å². The van der Waals surface area contributed by atoms with Crippen molar-refractivity contribution in [2.75, 3.05) is 6.61 Å². The fourth-order valence-corrected chi connectivity index (χ4v) is 2.31. The monoisotopic (exact) mass is 339 g/mol. The van der Waals surface area contributed by atoms with Crippen molar-refractivity contribution in [2.24, 2.45) is 5.92 Å². The Morgan fingerprint density at radius 1 is 1.21 bits per heavy atom.